The lowest BCUT2D eigenvalue weighted by molar-refractivity contribution is 0.440. The topological polar surface area (TPSA) is 43.0 Å². The molecule has 2 aromatic heterocycles. The summed E-state index contributed by atoms with van der Waals surface area (Å²) >= 11 is 0. The second kappa shape index (κ2) is 4.81. The van der Waals surface area contributed by atoms with E-state index in [1.54, 1.807) is 12.5 Å². The lowest BCUT2D eigenvalue weighted by Crippen LogP contribution is -2.24. The van der Waals surface area contributed by atoms with Gasteiger partial charge in [0, 0.05) is 26.0 Å². The van der Waals surface area contributed by atoms with Crippen LogP contribution in [0.3, 0.4) is 0 Å². The smallest absolute Gasteiger partial charge is 0.133 e. The average molecular weight is 217 g/mol. The van der Waals surface area contributed by atoms with Gasteiger partial charge in [0.1, 0.15) is 17.6 Å². The highest BCUT2D eigenvalue weighted by Gasteiger charge is 2.19. The molecule has 4 heteroatoms. The molecule has 0 aliphatic carbocycles. The largest absolute Gasteiger partial charge is 0.467 e. The molecule has 84 valence electrons. The molecule has 0 amide bonds. The molecule has 0 bridgehead atoms. The Balaban J connectivity index is 2.28. The first-order valence-corrected chi connectivity index (χ1v) is 5.18. The molecule has 0 aliphatic rings. The van der Waals surface area contributed by atoms with Crippen LogP contribution in [0.25, 0.3) is 0 Å². The molecular weight excluding hydrogens is 202 g/mol. The van der Waals surface area contributed by atoms with Gasteiger partial charge in [0.25, 0.3) is 0 Å². The van der Waals surface area contributed by atoms with E-state index in [9.17, 15) is 0 Å². The number of furan rings is 1. The monoisotopic (exact) mass is 217 g/mol. The fourth-order valence-electron chi connectivity index (χ4n) is 1.63. The number of hydrogen-bond donors (Lipinski definition) is 1. The number of nitrogens with zero attached hydrogens (tertiary/aromatic N) is 2. The van der Waals surface area contributed by atoms with E-state index in [2.05, 4.69) is 16.9 Å². The SMILES string of the molecule is C=CCNC(c1ccco1)c1nccn1C. The Morgan fingerprint density at radius 1 is 1.69 bits per heavy atom. The summed E-state index contributed by atoms with van der Waals surface area (Å²) in [6.07, 6.45) is 7.18. The molecule has 0 saturated heterocycles. The van der Waals surface area contributed by atoms with E-state index < -0.39 is 0 Å². The second-order valence-electron chi connectivity index (χ2n) is 3.54. The van der Waals surface area contributed by atoms with Crippen molar-refractivity contribution in [3.8, 4) is 0 Å². The van der Waals surface area contributed by atoms with Crippen molar-refractivity contribution in [3.63, 3.8) is 0 Å². The summed E-state index contributed by atoms with van der Waals surface area (Å²) in [5, 5.41) is 3.32. The Labute approximate surface area is 94.6 Å². The maximum absolute atomic E-state index is 5.42. The van der Waals surface area contributed by atoms with Crippen molar-refractivity contribution in [1.29, 1.82) is 0 Å². The quantitative estimate of drug-likeness (QED) is 0.777. The maximum atomic E-state index is 5.42. The van der Waals surface area contributed by atoms with E-state index >= 15 is 0 Å². The van der Waals surface area contributed by atoms with Crippen molar-refractivity contribution >= 4 is 0 Å². The van der Waals surface area contributed by atoms with Crippen molar-refractivity contribution in [1.82, 2.24) is 14.9 Å². The van der Waals surface area contributed by atoms with E-state index in [0.717, 1.165) is 11.6 Å². The predicted molar refractivity (Wildman–Crippen MR) is 62.0 cm³/mol. The van der Waals surface area contributed by atoms with Crippen LogP contribution in [0, 0.1) is 0 Å². The minimum absolute atomic E-state index is 0.0343. The van der Waals surface area contributed by atoms with Gasteiger partial charge in [-0.25, -0.2) is 4.98 Å². The summed E-state index contributed by atoms with van der Waals surface area (Å²) in [6, 6.07) is 3.78. The van der Waals surface area contributed by atoms with Gasteiger partial charge >= 0.3 is 0 Å². The van der Waals surface area contributed by atoms with Gasteiger partial charge in [0.05, 0.1) is 6.26 Å². The van der Waals surface area contributed by atoms with E-state index in [4.69, 9.17) is 4.42 Å². The highest BCUT2D eigenvalue weighted by atomic mass is 16.3. The molecule has 0 radical (unpaired) electrons. The van der Waals surface area contributed by atoms with Crippen molar-refractivity contribution in [2.75, 3.05) is 6.54 Å². The normalized spacial score (nSPS) is 12.6. The molecule has 16 heavy (non-hydrogen) atoms. The van der Waals surface area contributed by atoms with Gasteiger partial charge in [-0.1, -0.05) is 6.08 Å². The van der Waals surface area contributed by atoms with Crippen molar-refractivity contribution < 1.29 is 4.42 Å². The fourth-order valence-corrected chi connectivity index (χ4v) is 1.63. The lowest BCUT2D eigenvalue weighted by Gasteiger charge is -2.15. The van der Waals surface area contributed by atoms with Crippen LogP contribution >= 0.6 is 0 Å². The highest BCUT2D eigenvalue weighted by molar-refractivity contribution is 5.15. The first-order chi connectivity index (χ1) is 7.83. The lowest BCUT2D eigenvalue weighted by atomic mass is 10.2. The Bertz CT molecular complexity index is 445. The minimum atomic E-state index is -0.0343. The van der Waals surface area contributed by atoms with Crippen LogP contribution in [0.4, 0.5) is 0 Å². The van der Waals surface area contributed by atoms with E-state index in [-0.39, 0.29) is 6.04 Å². The van der Waals surface area contributed by atoms with Gasteiger partial charge in [-0.2, -0.15) is 0 Å². The highest BCUT2D eigenvalue weighted by Crippen LogP contribution is 2.20. The molecule has 2 heterocycles. The van der Waals surface area contributed by atoms with Crippen molar-refractivity contribution in [3.05, 3.63) is 55.0 Å². The van der Waals surface area contributed by atoms with Gasteiger partial charge in [-0.15, -0.1) is 6.58 Å². The molecule has 0 aliphatic heterocycles. The Morgan fingerprint density at radius 3 is 3.12 bits per heavy atom. The van der Waals surface area contributed by atoms with Gasteiger partial charge in [0.15, 0.2) is 0 Å². The molecule has 1 unspecified atom stereocenters. The summed E-state index contributed by atoms with van der Waals surface area (Å²) in [5.41, 5.74) is 0. The van der Waals surface area contributed by atoms with Crippen molar-refractivity contribution in [2.24, 2.45) is 7.05 Å². The third kappa shape index (κ3) is 2.06. The summed E-state index contributed by atoms with van der Waals surface area (Å²) in [7, 11) is 1.97. The molecular formula is C12H15N3O. The summed E-state index contributed by atoms with van der Waals surface area (Å²) in [6.45, 7) is 4.40. The summed E-state index contributed by atoms with van der Waals surface area (Å²) in [4.78, 5) is 4.33. The van der Waals surface area contributed by atoms with E-state index in [1.165, 1.54) is 0 Å². The van der Waals surface area contributed by atoms with Gasteiger partial charge in [0.2, 0.25) is 0 Å². The zero-order valence-corrected chi connectivity index (χ0v) is 9.26. The number of rotatable bonds is 5. The van der Waals surface area contributed by atoms with Crippen LogP contribution in [0.2, 0.25) is 0 Å². The van der Waals surface area contributed by atoms with Crippen LogP contribution in [0.15, 0.2) is 47.9 Å². The maximum Gasteiger partial charge on any atom is 0.133 e. The van der Waals surface area contributed by atoms with Crippen LogP contribution in [0.5, 0.6) is 0 Å². The third-order valence-electron chi connectivity index (χ3n) is 2.41. The number of aromatic nitrogens is 2. The van der Waals surface area contributed by atoms with Crippen LogP contribution in [0.1, 0.15) is 17.6 Å². The fraction of sp³-hybridized carbons (Fsp3) is 0.250. The van der Waals surface area contributed by atoms with E-state index in [0.29, 0.717) is 6.54 Å². The van der Waals surface area contributed by atoms with Gasteiger partial charge in [-0.05, 0) is 12.1 Å². The molecule has 2 aromatic rings. The standard InChI is InChI=1S/C12H15N3O/c1-3-6-13-11(10-5-4-9-16-10)12-14-7-8-15(12)2/h3-5,7-9,11,13H,1,6H2,2H3. The number of aryl methyl sites for hydroxylation is 1. The van der Waals surface area contributed by atoms with Crippen LogP contribution in [-0.4, -0.2) is 16.1 Å². The first-order valence-electron chi connectivity index (χ1n) is 5.18. The third-order valence-corrected chi connectivity index (χ3v) is 2.41. The predicted octanol–water partition coefficient (Wildman–Crippen LogP) is 1.88. The molecule has 1 N–H and O–H groups in total. The van der Waals surface area contributed by atoms with Crippen LogP contribution in [-0.2, 0) is 7.05 Å². The molecule has 4 nitrogen and oxygen atoms in total. The van der Waals surface area contributed by atoms with Crippen LogP contribution < -0.4 is 5.32 Å². The molecule has 2 rings (SSSR count). The van der Waals surface area contributed by atoms with E-state index in [1.807, 2.05) is 36.0 Å². The minimum Gasteiger partial charge on any atom is -0.467 e. The summed E-state index contributed by atoms with van der Waals surface area (Å²) < 4.78 is 7.40. The van der Waals surface area contributed by atoms with Gasteiger partial charge in [-0.3, -0.25) is 5.32 Å². The summed E-state index contributed by atoms with van der Waals surface area (Å²) in [5.74, 6) is 1.79. The molecule has 0 aromatic carbocycles. The molecule has 0 fully saturated rings. The molecule has 0 spiro atoms. The zero-order valence-electron chi connectivity index (χ0n) is 9.26. The van der Waals surface area contributed by atoms with Gasteiger partial charge < -0.3 is 8.98 Å². The Kier molecular flexibility index (Phi) is 3.22. The molecule has 1 atom stereocenters. The second-order valence-corrected chi connectivity index (χ2v) is 3.54. The average Bonchev–Trinajstić information content (AvgIpc) is 2.91. The number of hydrogen-bond acceptors (Lipinski definition) is 3. The Morgan fingerprint density at radius 2 is 2.56 bits per heavy atom. The van der Waals surface area contributed by atoms with Crippen molar-refractivity contribution in [2.45, 2.75) is 6.04 Å². The number of imidazole rings is 1. The first kappa shape index (κ1) is 10.7. The Hall–Kier alpha value is -1.81. The molecule has 0 saturated carbocycles. The number of nitrogens with one attached hydrogen (secondary N) is 1. The zero-order chi connectivity index (χ0) is 11.4.